The van der Waals surface area contributed by atoms with E-state index in [-0.39, 0.29) is 5.69 Å². The quantitative estimate of drug-likeness (QED) is 0.931. The van der Waals surface area contributed by atoms with Crippen LogP contribution in [0.5, 0.6) is 0 Å². The van der Waals surface area contributed by atoms with Crippen LogP contribution in [0.15, 0.2) is 24.4 Å². The summed E-state index contributed by atoms with van der Waals surface area (Å²) in [4.78, 5) is 18.3. The summed E-state index contributed by atoms with van der Waals surface area (Å²) in [5.41, 5.74) is 1.14. The van der Waals surface area contributed by atoms with Crippen LogP contribution >= 0.6 is 0 Å². The Bertz CT molecular complexity index is 648. The maximum absolute atomic E-state index is 11.4. The molecule has 1 N–H and O–H groups in total. The molecule has 2 aromatic heterocycles. The number of likely N-dealkylation sites (tertiary alicyclic amines) is 1. The van der Waals surface area contributed by atoms with Gasteiger partial charge in [-0.25, -0.2) is 9.78 Å². The molecule has 5 heteroatoms. The van der Waals surface area contributed by atoms with Crippen molar-refractivity contribution in [2.24, 2.45) is 0 Å². The smallest absolute Gasteiger partial charge is 0.352 e. The molecule has 106 valence electrons. The molecule has 1 unspecified atom stereocenters. The SMILES string of the molecule is CC(C)N1CCC(c2ncc3cccc(C(=O)O)n23)C1. The Morgan fingerprint density at radius 2 is 2.25 bits per heavy atom. The number of carboxylic acids is 1. The first kappa shape index (κ1) is 13.1. The standard InChI is InChI=1S/C15H19N3O2/c1-10(2)17-7-6-11(9-17)14-16-8-12-4-3-5-13(15(19)20)18(12)14/h3-5,8,10-11H,6-7,9H2,1-2H3,(H,19,20). The average Bonchev–Trinajstić information content (AvgIpc) is 3.04. The number of carbonyl (C=O) groups is 1. The molecule has 1 saturated heterocycles. The van der Waals surface area contributed by atoms with Crippen LogP contribution in [0.4, 0.5) is 0 Å². The number of aromatic carboxylic acids is 1. The van der Waals surface area contributed by atoms with Crippen molar-refractivity contribution in [2.75, 3.05) is 13.1 Å². The van der Waals surface area contributed by atoms with Crippen LogP contribution in [0.3, 0.4) is 0 Å². The maximum Gasteiger partial charge on any atom is 0.352 e. The topological polar surface area (TPSA) is 57.8 Å². The lowest BCUT2D eigenvalue weighted by Crippen LogP contribution is -2.28. The predicted molar refractivity (Wildman–Crippen MR) is 76.2 cm³/mol. The van der Waals surface area contributed by atoms with E-state index in [2.05, 4.69) is 23.7 Å². The third kappa shape index (κ3) is 2.08. The number of imidazole rings is 1. The Morgan fingerprint density at radius 3 is 2.90 bits per heavy atom. The van der Waals surface area contributed by atoms with Gasteiger partial charge in [0.2, 0.25) is 0 Å². The largest absolute Gasteiger partial charge is 0.477 e. The summed E-state index contributed by atoms with van der Waals surface area (Å²) in [5.74, 6) is 0.273. The number of hydrogen-bond acceptors (Lipinski definition) is 3. The van der Waals surface area contributed by atoms with Gasteiger partial charge in [0.1, 0.15) is 11.5 Å². The van der Waals surface area contributed by atoms with Crippen LogP contribution in [0.2, 0.25) is 0 Å². The molecule has 0 amide bonds. The summed E-state index contributed by atoms with van der Waals surface area (Å²) in [6.07, 6.45) is 2.80. The van der Waals surface area contributed by atoms with Crippen molar-refractivity contribution >= 4 is 11.5 Å². The molecule has 0 aromatic carbocycles. The van der Waals surface area contributed by atoms with Crippen LogP contribution in [0, 0.1) is 0 Å². The van der Waals surface area contributed by atoms with Crippen LogP contribution < -0.4 is 0 Å². The van der Waals surface area contributed by atoms with Crippen molar-refractivity contribution in [3.05, 3.63) is 35.9 Å². The predicted octanol–water partition coefficient (Wildman–Crippen LogP) is 2.23. The molecule has 3 heterocycles. The molecule has 0 aliphatic carbocycles. The zero-order valence-electron chi connectivity index (χ0n) is 11.8. The van der Waals surface area contributed by atoms with Gasteiger partial charge in [-0.1, -0.05) is 6.07 Å². The summed E-state index contributed by atoms with van der Waals surface area (Å²) < 4.78 is 1.79. The van der Waals surface area contributed by atoms with E-state index in [1.54, 1.807) is 22.7 Å². The van der Waals surface area contributed by atoms with Crippen molar-refractivity contribution in [3.8, 4) is 0 Å². The minimum Gasteiger partial charge on any atom is -0.477 e. The van der Waals surface area contributed by atoms with Crippen molar-refractivity contribution < 1.29 is 9.90 Å². The van der Waals surface area contributed by atoms with Gasteiger partial charge in [0.05, 0.1) is 11.7 Å². The molecule has 1 aliphatic rings. The van der Waals surface area contributed by atoms with Crippen molar-refractivity contribution in [1.29, 1.82) is 0 Å². The molecule has 1 atom stereocenters. The molecular weight excluding hydrogens is 254 g/mol. The highest BCUT2D eigenvalue weighted by molar-refractivity contribution is 5.86. The second-order valence-corrected chi connectivity index (χ2v) is 5.67. The molecule has 0 saturated carbocycles. The number of hydrogen-bond donors (Lipinski definition) is 1. The summed E-state index contributed by atoms with van der Waals surface area (Å²) in [5, 5.41) is 9.35. The molecule has 0 bridgehead atoms. The molecule has 1 fully saturated rings. The second kappa shape index (κ2) is 4.90. The lowest BCUT2D eigenvalue weighted by molar-refractivity contribution is 0.0688. The minimum atomic E-state index is -0.909. The highest BCUT2D eigenvalue weighted by Gasteiger charge is 2.29. The molecule has 0 spiro atoms. The van der Waals surface area contributed by atoms with Crippen molar-refractivity contribution in [2.45, 2.75) is 32.2 Å². The lowest BCUT2D eigenvalue weighted by atomic mass is 10.1. The first-order chi connectivity index (χ1) is 9.58. The van der Waals surface area contributed by atoms with E-state index in [1.807, 2.05) is 6.07 Å². The zero-order valence-corrected chi connectivity index (χ0v) is 11.8. The Hall–Kier alpha value is -1.88. The van der Waals surface area contributed by atoms with Crippen LogP contribution in [-0.4, -0.2) is 44.5 Å². The van der Waals surface area contributed by atoms with Crippen molar-refractivity contribution in [3.63, 3.8) is 0 Å². The number of aromatic nitrogens is 2. The van der Waals surface area contributed by atoms with Gasteiger partial charge in [-0.2, -0.15) is 0 Å². The molecule has 0 radical (unpaired) electrons. The Balaban J connectivity index is 2.03. The van der Waals surface area contributed by atoms with Gasteiger partial charge in [0.15, 0.2) is 0 Å². The fourth-order valence-electron chi connectivity index (χ4n) is 2.99. The third-order valence-electron chi connectivity index (χ3n) is 4.11. The Kier molecular flexibility index (Phi) is 3.22. The highest BCUT2D eigenvalue weighted by Crippen LogP contribution is 2.28. The second-order valence-electron chi connectivity index (χ2n) is 5.67. The van der Waals surface area contributed by atoms with Gasteiger partial charge in [0.25, 0.3) is 0 Å². The molecule has 2 aromatic rings. The summed E-state index contributed by atoms with van der Waals surface area (Å²) >= 11 is 0. The van der Waals surface area contributed by atoms with E-state index in [1.165, 1.54) is 0 Å². The van der Waals surface area contributed by atoms with Crippen LogP contribution in [0.25, 0.3) is 5.52 Å². The first-order valence-corrected chi connectivity index (χ1v) is 7.01. The van der Waals surface area contributed by atoms with Crippen LogP contribution in [-0.2, 0) is 0 Å². The monoisotopic (exact) mass is 273 g/mol. The number of pyridine rings is 1. The number of nitrogens with zero attached hydrogens (tertiary/aromatic N) is 3. The number of fused-ring (bicyclic) bond motifs is 1. The summed E-state index contributed by atoms with van der Waals surface area (Å²) in [6, 6.07) is 5.82. The van der Waals surface area contributed by atoms with Gasteiger partial charge < -0.3 is 10.0 Å². The van der Waals surface area contributed by atoms with E-state index >= 15 is 0 Å². The van der Waals surface area contributed by atoms with E-state index in [4.69, 9.17) is 0 Å². The summed E-state index contributed by atoms with van der Waals surface area (Å²) in [6.45, 7) is 6.38. The van der Waals surface area contributed by atoms with E-state index in [0.29, 0.717) is 12.0 Å². The molecule has 3 rings (SSSR count). The lowest BCUT2D eigenvalue weighted by Gasteiger charge is -2.20. The van der Waals surface area contributed by atoms with Crippen LogP contribution in [0.1, 0.15) is 42.5 Å². The third-order valence-corrected chi connectivity index (χ3v) is 4.11. The number of rotatable bonds is 3. The maximum atomic E-state index is 11.4. The van der Waals surface area contributed by atoms with Gasteiger partial charge in [-0.15, -0.1) is 0 Å². The molecular formula is C15H19N3O2. The first-order valence-electron chi connectivity index (χ1n) is 7.01. The highest BCUT2D eigenvalue weighted by atomic mass is 16.4. The van der Waals surface area contributed by atoms with Gasteiger partial charge in [0, 0.05) is 18.5 Å². The Morgan fingerprint density at radius 1 is 1.45 bits per heavy atom. The Labute approximate surface area is 117 Å². The van der Waals surface area contributed by atoms with Gasteiger partial charge >= 0.3 is 5.97 Å². The fourth-order valence-corrected chi connectivity index (χ4v) is 2.99. The average molecular weight is 273 g/mol. The molecule has 1 aliphatic heterocycles. The van der Waals surface area contributed by atoms with Gasteiger partial charge in [-0.3, -0.25) is 4.40 Å². The normalized spacial score (nSPS) is 20.1. The molecule has 20 heavy (non-hydrogen) atoms. The zero-order chi connectivity index (χ0) is 14.3. The fraction of sp³-hybridized carbons (Fsp3) is 0.467. The van der Waals surface area contributed by atoms with Crippen molar-refractivity contribution in [1.82, 2.24) is 14.3 Å². The van der Waals surface area contributed by atoms with Gasteiger partial charge in [-0.05, 0) is 38.9 Å². The van der Waals surface area contributed by atoms with E-state index in [9.17, 15) is 9.90 Å². The number of carboxylic acid groups (broad SMARTS) is 1. The van der Waals surface area contributed by atoms with E-state index in [0.717, 1.165) is 30.9 Å². The summed E-state index contributed by atoms with van der Waals surface area (Å²) in [7, 11) is 0. The van der Waals surface area contributed by atoms with E-state index < -0.39 is 5.97 Å². The minimum absolute atomic E-state index is 0.290. The molecule has 5 nitrogen and oxygen atoms in total.